The molecule has 0 spiro atoms. The summed E-state index contributed by atoms with van der Waals surface area (Å²) in [5, 5.41) is 13.4. The molecule has 0 bridgehead atoms. The summed E-state index contributed by atoms with van der Waals surface area (Å²) in [6, 6.07) is 11.8. The predicted octanol–water partition coefficient (Wildman–Crippen LogP) is 2.57. The maximum absolute atomic E-state index is 12.3. The number of aryl methyl sites for hydroxylation is 1. The third-order valence-corrected chi connectivity index (χ3v) is 4.33. The lowest BCUT2D eigenvalue weighted by atomic mass is 10.2. The van der Waals surface area contributed by atoms with Gasteiger partial charge in [-0.15, -0.1) is 0 Å². The van der Waals surface area contributed by atoms with Gasteiger partial charge in [-0.1, -0.05) is 12.1 Å². The quantitative estimate of drug-likeness (QED) is 0.364. The van der Waals surface area contributed by atoms with Crippen LogP contribution in [0.5, 0.6) is 0 Å². The van der Waals surface area contributed by atoms with E-state index in [1.165, 1.54) is 41.8 Å². The Balaban J connectivity index is 1.68. The fourth-order valence-corrected chi connectivity index (χ4v) is 2.78. The van der Waals surface area contributed by atoms with Crippen molar-refractivity contribution in [1.82, 2.24) is 9.55 Å². The maximum atomic E-state index is 12.3. The number of nitro groups is 1. The molecule has 1 aromatic heterocycles. The van der Waals surface area contributed by atoms with Crippen LogP contribution in [-0.2, 0) is 9.53 Å². The lowest BCUT2D eigenvalue weighted by molar-refractivity contribution is -0.383. The summed E-state index contributed by atoms with van der Waals surface area (Å²) in [6.45, 7) is 3.12. The van der Waals surface area contributed by atoms with Gasteiger partial charge in [0.05, 0.1) is 16.2 Å². The molecule has 0 radical (unpaired) electrons. The number of rotatable bonds is 6. The van der Waals surface area contributed by atoms with Crippen LogP contribution in [0.1, 0.15) is 23.0 Å². The summed E-state index contributed by atoms with van der Waals surface area (Å²) in [5.74, 6) is -1.45. The van der Waals surface area contributed by atoms with E-state index in [0.29, 0.717) is 11.4 Å². The summed E-state index contributed by atoms with van der Waals surface area (Å²) in [5.41, 5.74) is 0.892. The number of para-hydroxylation sites is 2. The fraction of sp³-hybridized carbons (Fsp3) is 0.150. The van der Waals surface area contributed by atoms with Gasteiger partial charge in [0, 0.05) is 18.0 Å². The Morgan fingerprint density at radius 3 is 2.43 bits per heavy atom. The van der Waals surface area contributed by atoms with Gasteiger partial charge in [0.1, 0.15) is 5.69 Å². The van der Waals surface area contributed by atoms with Crippen molar-refractivity contribution in [3.8, 4) is 5.69 Å². The van der Waals surface area contributed by atoms with Crippen LogP contribution < -0.4 is 11.0 Å². The number of amides is 1. The summed E-state index contributed by atoms with van der Waals surface area (Å²) in [7, 11) is 0. The molecule has 2 aromatic carbocycles. The average molecular weight is 410 g/mol. The molecule has 0 aliphatic carbocycles. The van der Waals surface area contributed by atoms with Gasteiger partial charge in [0.15, 0.2) is 6.10 Å². The number of ether oxygens (including phenoxy) is 1. The van der Waals surface area contributed by atoms with E-state index in [2.05, 4.69) is 10.3 Å². The van der Waals surface area contributed by atoms with Crippen LogP contribution in [0.3, 0.4) is 0 Å². The standard InChI is InChI=1S/C20H18N4O6/c1-12-11-21-20(27)23(12)15-9-7-14(8-10-15)19(26)30-13(2)18(25)22-16-5-3-4-6-17(16)24(28)29/h3-11,13H,1-2H3,(H,21,27)(H,22,25). The summed E-state index contributed by atoms with van der Waals surface area (Å²) < 4.78 is 6.60. The van der Waals surface area contributed by atoms with Crippen molar-refractivity contribution in [2.24, 2.45) is 0 Å². The Hall–Kier alpha value is -4.21. The first kappa shape index (κ1) is 20.5. The number of aromatic nitrogens is 2. The maximum Gasteiger partial charge on any atom is 0.338 e. The van der Waals surface area contributed by atoms with Gasteiger partial charge in [-0.05, 0) is 44.2 Å². The molecule has 10 nitrogen and oxygen atoms in total. The number of hydrogen-bond acceptors (Lipinski definition) is 6. The first-order valence-electron chi connectivity index (χ1n) is 8.90. The van der Waals surface area contributed by atoms with E-state index in [-0.39, 0.29) is 22.6 Å². The molecule has 154 valence electrons. The van der Waals surface area contributed by atoms with Crippen molar-refractivity contribution in [1.29, 1.82) is 0 Å². The number of esters is 1. The van der Waals surface area contributed by atoms with Gasteiger partial charge in [0.25, 0.3) is 11.6 Å². The molecule has 0 saturated carbocycles. The SMILES string of the molecule is Cc1c[nH]c(=O)n1-c1ccc(C(=O)OC(C)C(=O)Nc2ccccc2[N+](=O)[O-])cc1. The monoisotopic (exact) mass is 410 g/mol. The van der Waals surface area contributed by atoms with Crippen molar-refractivity contribution in [3.63, 3.8) is 0 Å². The molecular weight excluding hydrogens is 392 g/mol. The second-order valence-corrected chi connectivity index (χ2v) is 6.43. The highest BCUT2D eigenvalue weighted by atomic mass is 16.6. The lowest BCUT2D eigenvalue weighted by Crippen LogP contribution is -2.30. The molecule has 2 N–H and O–H groups in total. The van der Waals surface area contributed by atoms with E-state index in [1.54, 1.807) is 31.3 Å². The van der Waals surface area contributed by atoms with Crippen molar-refractivity contribution in [2.75, 3.05) is 5.32 Å². The Morgan fingerprint density at radius 2 is 1.83 bits per heavy atom. The Kier molecular flexibility index (Phi) is 5.77. The number of carbonyl (C=O) groups excluding carboxylic acids is 2. The molecule has 0 saturated heterocycles. The highest BCUT2D eigenvalue weighted by Gasteiger charge is 2.22. The number of imidazole rings is 1. The van der Waals surface area contributed by atoms with Crippen LogP contribution in [0.15, 0.2) is 59.5 Å². The van der Waals surface area contributed by atoms with Crippen LogP contribution in [0.2, 0.25) is 0 Å². The average Bonchev–Trinajstić information content (AvgIpc) is 3.06. The van der Waals surface area contributed by atoms with Crippen molar-refractivity contribution in [3.05, 3.63) is 86.6 Å². The molecule has 1 heterocycles. The van der Waals surface area contributed by atoms with Gasteiger partial charge < -0.3 is 15.0 Å². The van der Waals surface area contributed by atoms with Gasteiger partial charge in [-0.2, -0.15) is 0 Å². The van der Waals surface area contributed by atoms with Gasteiger partial charge in [-0.25, -0.2) is 9.59 Å². The van der Waals surface area contributed by atoms with E-state index in [1.807, 2.05) is 0 Å². The van der Waals surface area contributed by atoms with E-state index in [0.717, 1.165) is 0 Å². The number of anilines is 1. The molecule has 0 aliphatic rings. The number of aromatic amines is 1. The largest absolute Gasteiger partial charge is 0.449 e. The molecule has 1 atom stereocenters. The molecule has 0 fully saturated rings. The highest BCUT2D eigenvalue weighted by Crippen LogP contribution is 2.23. The first-order valence-corrected chi connectivity index (χ1v) is 8.90. The summed E-state index contributed by atoms with van der Waals surface area (Å²) in [4.78, 5) is 49.4. The molecule has 30 heavy (non-hydrogen) atoms. The zero-order valence-corrected chi connectivity index (χ0v) is 16.1. The molecule has 3 rings (SSSR count). The van der Waals surface area contributed by atoms with E-state index in [4.69, 9.17) is 4.74 Å². The molecule has 1 amide bonds. The number of H-pyrrole nitrogens is 1. The van der Waals surface area contributed by atoms with Crippen LogP contribution in [0.25, 0.3) is 5.69 Å². The number of nitro benzene ring substituents is 1. The smallest absolute Gasteiger partial charge is 0.338 e. The van der Waals surface area contributed by atoms with E-state index in [9.17, 15) is 24.5 Å². The van der Waals surface area contributed by atoms with Crippen LogP contribution in [-0.4, -0.2) is 32.5 Å². The highest BCUT2D eigenvalue weighted by molar-refractivity contribution is 5.98. The van der Waals surface area contributed by atoms with Crippen LogP contribution >= 0.6 is 0 Å². The van der Waals surface area contributed by atoms with Gasteiger partial charge in [-0.3, -0.25) is 19.5 Å². The van der Waals surface area contributed by atoms with E-state index >= 15 is 0 Å². The van der Waals surface area contributed by atoms with Crippen molar-refractivity contribution < 1.29 is 19.2 Å². The zero-order valence-electron chi connectivity index (χ0n) is 16.1. The zero-order chi connectivity index (χ0) is 21.8. The summed E-state index contributed by atoms with van der Waals surface area (Å²) in [6.07, 6.45) is 0.383. The number of nitrogens with one attached hydrogen (secondary N) is 2. The van der Waals surface area contributed by atoms with Crippen LogP contribution in [0, 0.1) is 17.0 Å². The Labute approximate surface area is 170 Å². The van der Waals surface area contributed by atoms with Gasteiger partial charge >= 0.3 is 11.7 Å². The molecule has 10 heteroatoms. The normalized spacial score (nSPS) is 11.5. The molecule has 1 unspecified atom stereocenters. The minimum atomic E-state index is -1.19. The topological polar surface area (TPSA) is 136 Å². The first-order chi connectivity index (χ1) is 14.3. The molecule has 0 aliphatic heterocycles. The second kappa shape index (κ2) is 8.43. The molecule has 3 aromatic rings. The minimum absolute atomic E-state index is 0.00654. The van der Waals surface area contributed by atoms with E-state index < -0.39 is 22.9 Å². The van der Waals surface area contributed by atoms with Gasteiger partial charge in [0.2, 0.25) is 0 Å². The second-order valence-electron chi connectivity index (χ2n) is 6.43. The minimum Gasteiger partial charge on any atom is -0.449 e. The molecular formula is C20H18N4O6. The predicted molar refractivity (Wildman–Crippen MR) is 108 cm³/mol. The van der Waals surface area contributed by atoms with Crippen molar-refractivity contribution in [2.45, 2.75) is 20.0 Å². The Bertz CT molecular complexity index is 1160. The number of nitrogens with zero attached hydrogens (tertiary/aromatic N) is 2. The number of carbonyl (C=O) groups is 2. The number of hydrogen-bond donors (Lipinski definition) is 2. The Morgan fingerprint density at radius 1 is 1.17 bits per heavy atom. The summed E-state index contributed by atoms with van der Waals surface area (Å²) >= 11 is 0. The fourth-order valence-electron chi connectivity index (χ4n) is 2.78. The third-order valence-electron chi connectivity index (χ3n) is 4.33. The lowest BCUT2D eigenvalue weighted by Gasteiger charge is -2.14. The van der Waals surface area contributed by atoms with Crippen LogP contribution in [0.4, 0.5) is 11.4 Å². The third kappa shape index (κ3) is 4.27. The van der Waals surface area contributed by atoms with Crippen molar-refractivity contribution >= 4 is 23.3 Å². The number of benzene rings is 2.